The first-order valence-electron chi connectivity index (χ1n) is 26.7. The molecule has 1 fully saturated rings. The van der Waals surface area contributed by atoms with Crippen molar-refractivity contribution in [3.05, 3.63) is 137 Å². The normalized spacial score (nSPS) is 19.8. The largest absolute Gasteiger partial charge is 0.400 e. The Balaban J connectivity index is 1.17. The fourth-order valence-corrected chi connectivity index (χ4v) is 15.7. The first-order valence-corrected chi connectivity index (χ1v) is 27.5. The Bertz CT molecular complexity index is 4020. The molecule has 1 aliphatic carbocycles. The van der Waals surface area contributed by atoms with Crippen molar-refractivity contribution in [3.63, 3.8) is 0 Å². The molecule has 2 unspecified atom stereocenters. The summed E-state index contributed by atoms with van der Waals surface area (Å²) in [5.74, 6) is 0. The average Bonchev–Trinajstić information content (AvgIpc) is 4.01. The van der Waals surface area contributed by atoms with E-state index in [9.17, 15) is 0 Å². The van der Waals surface area contributed by atoms with Crippen molar-refractivity contribution >= 4 is 98.6 Å². The van der Waals surface area contributed by atoms with Crippen LogP contribution in [0.1, 0.15) is 150 Å². The van der Waals surface area contributed by atoms with Gasteiger partial charge in [0.2, 0.25) is 0 Å². The van der Waals surface area contributed by atoms with Gasteiger partial charge in [-0.05, 0) is 141 Å². The van der Waals surface area contributed by atoms with E-state index < -0.39 is 0 Å². The van der Waals surface area contributed by atoms with E-state index in [1.807, 2.05) is 11.3 Å². The van der Waals surface area contributed by atoms with E-state index in [-0.39, 0.29) is 39.5 Å². The van der Waals surface area contributed by atoms with Crippen LogP contribution in [0, 0.1) is 0 Å². The maximum Gasteiger partial charge on any atom is 0.328 e. The molecule has 0 saturated heterocycles. The summed E-state index contributed by atoms with van der Waals surface area (Å²) >= 11 is 2.04. The molecule has 0 N–H and O–H groups in total. The van der Waals surface area contributed by atoms with E-state index in [1.165, 1.54) is 151 Å². The van der Waals surface area contributed by atoms with Gasteiger partial charge in [0, 0.05) is 80.9 Å². The van der Waals surface area contributed by atoms with Crippen LogP contribution in [0.3, 0.4) is 0 Å². The third-order valence-corrected chi connectivity index (χ3v) is 19.8. The van der Waals surface area contributed by atoms with Crippen LogP contribution in [0.5, 0.6) is 0 Å². The van der Waals surface area contributed by atoms with Crippen LogP contribution in [0.2, 0.25) is 0 Å². The first-order chi connectivity index (χ1) is 33.5. The minimum Gasteiger partial charge on any atom is -0.400 e. The molecule has 3 aliphatic heterocycles. The maximum absolute atomic E-state index is 3.05. The Labute approximate surface area is 425 Å². The Hall–Kier alpha value is -5.78. The van der Waals surface area contributed by atoms with Crippen molar-refractivity contribution in [2.45, 2.75) is 155 Å². The van der Waals surface area contributed by atoms with E-state index in [1.54, 1.807) is 5.56 Å². The van der Waals surface area contributed by atoms with Gasteiger partial charge in [0.05, 0.1) is 22.1 Å². The lowest BCUT2D eigenvalue weighted by molar-refractivity contribution is 0.200. The number of hydrogen-bond donors (Lipinski definition) is 0. The van der Waals surface area contributed by atoms with Crippen molar-refractivity contribution in [3.8, 4) is 22.5 Å². The maximum atomic E-state index is 3.05. The van der Waals surface area contributed by atoms with Gasteiger partial charge in [0.1, 0.15) is 0 Å². The predicted octanol–water partition coefficient (Wildman–Crippen LogP) is 16.9. The standard InChI is InChI=1S/C66H68BN3S/c1-61(2,3)37-21-24-41(25-22-37)68-51-26-23-38(62(4,5)6)29-43(51)44-35-53-45(36-52(44)68)47-31-39(63(7,8)9)32-50-58(47)69(53)54-33-40(64(10,11)12)30-46-48-34-49-42-19-15-16-20-55(42)71-60(49)56-59(48)70(67(50)57(46)54)66(14)28-18-17-27-65(56,66)13/h15-16,19-26,29-36H,17-18,27-28H2,1-14H3. The third-order valence-electron chi connectivity index (χ3n) is 18.6. The fourth-order valence-electron chi connectivity index (χ4n) is 14.4. The molecule has 2 atom stereocenters. The highest BCUT2D eigenvalue weighted by Crippen LogP contribution is 2.65. The highest BCUT2D eigenvalue weighted by atomic mass is 32.1. The van der Waals surface area contributed by atoms with E-state index >= 15 is 0 Å². The van der Waals surface area contributed by atoms with Gasteiger partial charge in [0.15, 0.2) is 0 Å². The molecule has 71 heavy (non-hydrogen) atoms. The lowest BCUT2D eigenvalue weighted by atomic mass is 9.42. The van der Waals surface area contributed by atoms with Gasteiger partial charge in [-0.3, -0.25) is 0 Å². The molecule has 0 radical (unpaired) electrons. The van der Waals surface area contributed by atoms with Crippen LogP contribution in [0.25, 0.3) is 86.3 Å². The summed E-state index contributed by atoms with van der Waals surface area (Å²) in [5, 5.41) is 8.16. The number of aromatic nitrogens is 2. The van der Waals surface area contributed by atoms with Gasteiger partial charge in [-0.1, -0.05) is 151 Å². The Kier molecular flexibility index (Phi) is 8.44. The second kappa shape index (κ2) is 13.6. The molecule has 0 bridgehead atoms. The summed E-state index contributed by atoms with van der Waals surface area (Å²) in [6.07, 6.45) is 4.92. The molecule has 7 aromatic carbocycles. The van der Waals surface area contributed by atoms with E-state index in [4.69, 9.17) is 0 Å². The van der Waals surface area contributed by atoms with Gasteiger partial charge in [-0.15, -0.1) is 11.3 Å². The number of rotatable bonds is 1. The lowest BCUT2D eigenvalue weighted by Gasteiger charge is -2.54. The summed E-state index contributed by atoms with van der Waals surface area (Å²) in [7, 11) is 0. The molecule has 3 aromatic heterocycles. The number of anilines is 1. The number of benzene rings is 7. The molecule has 14 rings (SSSR count). The zero-order chi connectivity index (χ0) is 49.4. The molecule has 5 heteroatoms. The van der Waals surface area contributed by atoms with Crippen molar-refractivity contribution in [1.82, 2.24) is 9.13 Å². The molecule has 3 nitrogen and oxygen atoms in total. The summed E-state index contributed by atoms with van der Waals surface area (Å²) in [6, 6.07) is 44.2. The molecular formula is C66H68BN3S. The Morgan fingerprint density at radius 3 is 1.82 bits per heavy atom. The van der Waals surface area contributed by atoms with Crippen molar-refractivity contribution < 1.29 is 0 Å². The highest BCUT2D eigenvalue weighted by Gasteiger charge is 2.63. The predicted molar refractivity (Wildman–Crippen MR) is 310 cm³/mol. The zero-order valence-corrected chi connectivity index (χ0v) is 45.4. The lowest BCUT2D eigenvalue weighted by Crippen LogP contribution is -2.70. The molecule has 0 spiro atoms. The van der Waals surface area contributed by atoms with E-state index in [0.29, 0.717) is 0 Å². The summed E-state index contributed by atoms with van der Waals surface area (Å²) < 4.78 is 8.23. The minimum atomic E-state index is -0.0773. The molecule has 1 saturated carbocycles. The minimum absolute atomic E-state index is 0.00813. The van der Waals surface area contributed by atoms with Gasteiger partial charge >= 0.3 is 6.85 Å². The third kappa shape index (κ3) is 5.63. The van der Waals surface area contributed by atoms with Crippen LogP contribution >= 0.6 is 11.3 Å². The number of fused-ring (bicyclic) bond motifs is 17. The summed E-state index contributed by atoms with van der Waals surface area (Å²) in [6.45, 7) is 33.9. The number of nitrogens with zero attached hydrogens (tertiary/aromatic N) is 3. The summed E-state index contributed by atoms with van der Waals surface area (Å²) in [4.78, 5) is 3.05. The highest BCUT2D eigenvalue weighted by molar-refractivity contribution is 7.26. The van der Waals surface area contributed by atoms with Crippen molar-refractivity contribution in [2.24, 2.45) is 0 Å². The Morgan fingerprint density at radius 1 is 0.507 bits per heavy atom. The Morgan fingerprint density at radius 2 is 1.11 bits per heavy atom. The molecule has 0 amide bonds. The number of hydrogen-bond acceptors (Lipinski definition) is 2. The van der Waals surface area contributed by atoms with Crippen LogP contribution < -0.4 is 15.7 Å². The quantitative estimate of drug-likeness (QED) is 0.149. The zero-order valence-electron chi connectivity index (χ0n) is 44.5. The smallest absolute Gasteiger partial charge is 0.328 e. The number of thiophene rings is 1. The molecular weight excluding hydrogens is 878 g/mol. The fraction of sp³-hybridized carbons (Fsp3) is 0.364. The van der Waals surface area contributed by atoms with Crippen LogP contribution in [-0.2, 0) is 27.1 Å². The molecule has 4 aliphatic rings. The molecule has 6 heterocycles. The topological polar surface area (TPSA) is 13.1 Å². The second-order valence-electron chi connectivity index (χ2n) is 27.0. The van der Waals surface area contributed by atoms with Gasteiger partial charge in [-0.2, -0.15) is 0 Å². The van der Waals surface area contributed by atoms with Gasteiger partial charge in [-0.25, -0.2) is 0 Å². The monoisotopic (exact) mass is 946 g/mol. The summed E-state index contributed by atoms with van der Waals surface area (Å²) in [5.41, 5.74) is 22.1. The average molecular weight is 946 g/mol. The van der Waals surface area contributed by atoms with Gasteiger partial charge < -0.3 is 13.9 Å². The SMILES string of the molecule is CC(C)(C)c1ccc(-n2c3ccc(C(C)(C)C)cc3c3cc4c(cc32)c2cc(C(C)(C)C)cc3c2n4-c2cc(C(C)(C)C)cc4c2B3N2c3c-4cc4c(sc5ccccc54)c3C3(C)CCCCC23C)cc1. The van der Waals surface area contributed by atoms with Crippen LogP contribution in [0.4, 0.5) is 5.69 Å². The van der Waals surface area contributed by atoms with Crippen LogP contribution in [0.15, 0.2) is 109 Å². The van der Waals surface area contributed by atoms with Gasteiger partial charge in [0.25, 0.3) is 0 Å². The van der Waals surface area contributed by atoms with Crippen molar-refractivity contribution in [2.75, 3.05) is 4.81 Å². The van der Waals surface area contributed by atoms with Crippen LogP contribution in [-0.4, -0.2) is 21.5 Å². The van der Waals surface area contributed by atoms with E-state index in [0.717, 1.165) is 0 Å². The molecule has 356 valence electrons. The molecule has 10 aromatic rings. The first kappa shape index (κ1) is 44.0. The van der Waals surface area contributed by atoms with Crippen molar-refractivity contribution in [1.29, 1.82) is 0 Å². The van der Waals surface area contributed by atoms with E-state index in [2.05, 4.69) is 220 Å². The second-order valence-corrected chi connectivity index (χ2v) is 28.0.